The van der Waals surface area contributed by atoms with E-state index in [1.165, 1.54) is 43.0 Å². The number of aromatic nitrogens is 4. The van der Waals surface area contributed by atoms with Crippen molar-refractivity contribution in [3.63, 3.8) is 0 Å². The summed E-state index contributed by atoms with van der Waals surface area (Å²) < 4.78 is 18.5. The molecule has 4 bridgehead atoms. The van der Waals surface area contributed by atoms with Crippen molar-refractivity contribution in [2.24, 2.45) is 23.7 Å². The maximum absolute atomic E-state index is 11.2. The first-order valence-corrected chi connectivity index (χ1v) is 14.1. The number of nitrogens with zero attached hydrogens (tertiary/aromatic N) is 4. The summed E-state index contributed by atoms with van der Waals surface area (Å²) in [6, 6.07) is 0.319. The van der Waals surface area contributed by atoms with Gasteiger partial charge in [-0.15, -0.1) is 0 Å². The van der Waals surface area contributed by atoms with Crippen LogP contribution in [-0.4, -0.2) is 70.0 Å². The van der Waals surface area contributed by atoms with Gasteiger partial charge in [0.2, 0.25) is 5.28 Å². The molecule has 4 aliphatic carbocycles. The number of imidazole rings is 1. The van der Waals surface area contributed by atoms with Crippen LogP contribution in [0.4, 0.5) is 5.82 Å². The van der Waals surface area contributed by atoms with E-state index in [1.54, 1.807) is 0 Å². The average molecular weight is 514 g/mol. The highest BCUT2D eigenvalue weighted by Crippen LogP contribution is 2.54. The lowest BCUT2D eigenvalue weighted by Gasteiger charge is -2.54. The zero-order valence-corrected chi connectivity index (χ0v) is 20.1. The van der Waals surface area contributed by atoms with E-state index in [0.717, 1.165) is 11.8 Å². The first kappa shape index (κ1) is 23.1. The van der Waals surface area contributed by atoms with Crippen LogP contribution >= 0.6 is 19.2 Å². The lowest BCUT2D eigenvalue weighted by molar-refractivity contribution is -0.0355. The molecule has 0 amide bonds. The molecule has 34 heavy (non-hydrogen) atoms. The van der Waals surface area contributed by atoms with Crippen LogP contribution in [0.1, 0.15) is 44.8 Å². The Hall–Kier alpha value is -1.33. The number of aliphatic hydroxyl groups excluding tert-OH is 2. The highest BCUT2D eigenvalue weighted by molar-refractivity contribution is 7.51. The lowest BCUT2D eigenvalue weighted by atomic mass is 9.54. The molecule has 186 valence electrons. The molecule has 4 atom stereocenters. The minimum Gasteiger partial charge on any atom is -0.388 e. The monoisotopic (exact) mass is 513 g/mol. The molecule has 11 nitrogen and oxygen atoms in total. The van der Waals surface area contributed by atoms with E-state index in [4.69, 9.17) is 26.1 Å². The standard InChI is InChI=1S/C21H29ClN5O6P/c22-21-25-18(24-14-11-4-9-3-10(6-11)7-12(14)5-9)15-19(26-21)27(8-23-15)20-17(29)16(28)13(33-20)1-2-34(30,31)32/h8-14,16-17,20,28-29H,1-7H2,(H,24,25,26)(H2,30,31,32). The van der Waals surface area contributed by atoms with Crippen molar-refractivity contribution in [3.05, 3.63) is 11.6 Å². The lowest BCUT2D eigenvalue weighted by Crippen LogP contribution is -2.51. The number of rotatable bonds is 6. The molecule has 5 N–H and O–H groups in total. The Balaban J connectivity index is 1.27. The maximum atomic E-state index is 11.2. The first-order valence-electron chi connectivity index (χ1n) is 11.9. The zero-order chi connectivity index (χ0) is 23.8. The third kappa shape index (κ3) is 4.05. The third-order valence-corrected chi connectivity index (χ3v) is 9.25. The van der Waals surface area contributed by atoms with Crippen molar-refractivity contribution in [2.75, 3.05) is 11.5 Å². The number of ether oxygens (including phenoxy) is 1. The number of halogens is 1. The van der Waals surface area contributed by atoms with Gasteiger partial charge in [-0.2, -0.15) is 9.97 Å². The Morgan fingerprint density at radius 3 is 2.41 bits per heavy atom. The van der Waals surface area contributed by atoms with E-state index in [-0.39, 0.29) is 11.7 Å². The molecule has 4 saturated carbocycles. The molecular formula is C21H29ClN5O6P. The van der Waals surface area contributed by atoms with Crippen LogP contribution in [0.5, 0.6) is 0 Å². The molecule has 7 rings (SSSR count). The molecule has 13 heteroatoms. The van der Waals surface area contributed by atoms with Gasteiger partial charge < -0.3 is 30.1 Å². The second kappa shape index (κ2) is 8.37. The zero-order valence-electron chi connectivity index (χ0n) is 18.4. The van der Waals surface area contributed by atoms with Crippen LogP contribution in [0.25, 0.3) is 11.2 Å². The van der Waals surface area contributed by atoms with Gasteiger partial charge >= 0.3 is 7.60 Å². The fourth-order valence-corrected chi connectivity index (χ4v) is 7.74. The van der Waals surface area contributed by atoms with Crippen molar-refractivity contribution in [1.29, 1.82) is 0 Å². The Morgan fingerprint density at radius 2 is 1.76 bits per heavy atom. The summed E-state index contributed by atoms with van der Waals surface area (Å²) in [6.07, 6.45) is 2.68. The Labute approximate surface area is 201 Å². The molecule has 2 aromatic rings. The van der Waals surface area contributed by atoms with E-state index in [2.05, 4.69) is 20.3 Å². The summed E-state index contributed by atoms with van der Waals surface area (Å²) in [5.74, 6) is 3.48. The summed E-state index contributed by atoms with van der Waals surface area (Å²) in [5.41, 5.74) is 0.861. The van der Waals surface area contributed by atoms with Crippen molar-refractivity contribution in [3.8, 4) is 0 Å². The summed E-state index contributed by atoms with van der Waals surface area (Å²) in [7, 11) is -4.26. The largest absolute Gasteiger partial charge is 0.388 e. The van der Waals surface area contributed by atoms with E-state index >= 15 is 0 Å². The molecule has 3 heterocycles. The average Bonchev–Trinajstić information content (AvgIpc) is 3.29. The molecule has 0 aromatic carbocycles. The third-order valence-electron chi connectivity index (χ3n) is 8.24. The maximum Gasteiger partial charge on any atom is 0.325 e. The smallest absolute Gasteiger partial charge is 0.325 e. The van der Waals surface area contributed by atoms with Crippen LogP contribution in [0.15, 0.2) is 6.33 Å². The molecule has 5 aliphatic rings. The van der Waals surface area contributed by atoms with Crippen molar-refractivity contribution < 1.29 is 29.3 Å². The van der Waals surface area contributed by atoms with Gasteiger partial charge in [0, 0.05) is 6.04 Å². The number of aliphatic hydroxyl groups is 2. The van der Waals surface area contributed by atoms with Gasteiger partial charge in [0.25, 0.3) is 0 Å². The quantitative estimate of drug-likeness (QED) is 0.285. The van der Waals surface area contributed by atoms with Crippen molar-refractivity contribution >= 4 is 36.2 Å². The van der Waals surface area contributed by atoms with Crippen LogP contribution < -0.4 is 5.32 Å². The van der Waals surface area contributed by atoms with E-state index in [1.807, 2.05) is 0 Å². The van der Waals surface area contributed by atoms with Crippen molar-refractivity contribution in [1.82, 2.24) is 19.5 Å². The number of nitrogens with one attached hydrogen (secondary N) is 1. The van der Waals surface area contributed by atoms with E-state index < -0.39 is 38.3 Å². The molecule has 0 spiro atoms. The van der Waals surface area contributed by atoms with Crippen LogP contribution in [-0.2, 0) is 9.30 Å². The predicted molar refractivity (Wildman–Crippen MR) is 122 cm³/mol. The van der Waals surface area contributed by atoms with Gasteiger partial charge in [-0.3, -0.25) is 9.13 Å². The Bertz CT molecular complexity index is 1110. The molecule has 1 saturated heterocycles. The summed E-state index contributed by atoms with van der Waals surface area (Å²) >= 11 is 6.28. The second-order valence-corrected chi connectivity index (χ2v) is 12.6. The van der Waals surface area contributed by atoms with Gasteiger partial charge in [-0.05, 0) is 73.8 Å². The summed E-state index contributed by atoms with van der Waals surface area (Å²) in [6.45, 7) is 0. The SMILES string of the molecule is O=P(O)(O)CCC1OC(n2cnc3c(NC4C5CC6CC(C5)CC4C6)nc(Cl)nc32)C(O)C1O. The van der Waals surface area contributed by atoms with E-state index in [0.29, 0.717) is 34.9 Å². The first-order chi connectivity index (χ1) is 16.2. The number of fused-ring (bicyclic) bond motifs is 1. The highest BCUT2D eigenvalue weighted by Gasteiger charge is 2.49. The molecule has 1 aliphatic heterocycles. The minimum atomic E-state index is -4.26. The second-order valence-electron chi connectivity index (χ2n) is 10.5. The minimum absolute atomic E-state index is 0.0339. The molecular weight excluding hydrogens is 485 g/mol. The Kier molecular flexibility index (Phi) is 5.68. The molecule has 2 aromatic heterocycles. The van der Waals surface area contributed by atoms with Crippen molar-refractivity contribution in [2.45, 2.75) is 69.1 Å². The van der Waals surface area contributed by atoms with Crippen LogP contribution in [0, 0.1) is 23.7 Å². The number of anilines is 1. The van der Waals surface area contributed by atoms with Gasteiger partial charge in [0.1, 0.15) is 12.2 Å². The summed E-state index contributed by atoms with van der Waals surface area (Å²) in [5, 5.41) is 24.7. The highest BCUT2D eigenvalue weighted by atomic mass is 35.5. The number of hydrogen-bond acceptors (Lipinski definition) is 8. The van der Waals surface area contributed by atoms with Gasteiger partial charge in [0.15, 0.2) is 23.2 Å². The Morgan fingerprint density at radius 1 is 1.09 bits per heavy atom. The fraction of sp³-hybridized carbons (Fsp3) is 0.762. The van der Waals surface area contributed by atoms with Gasteiger partial charge in [-0.1, -0.05) is 0 Å². The molecule has 5 fully saturated rings. The van der Waals surface area contributed by atoms with Gasteiger partial charge in [0.05, 0.1) is 18.6 Å². The molecule has 4 unspecified atom stereocenters. The van der Waals surface area contributed by atoms with Crippen LogP contribution in [0.3, 0.4) is 0 Å². The molecule has 0 radical (unpaired) electrons. The normalized spacial score (nSPS) is 39.3. The number of hydrogen-bond donors (Lipinski definition) is 5. The fourth-order valence-electron chi connectivity index (χ4n) is 6.99. The van der Waals surface area contributed by atoms with E-state index in [9.17, 15) is 14.8 Å². The summed E-state index contributed by atoms with van der Waals surface area (Å²) in [4.78, 5) is 31.5. The van der Waals surface area contributed by atoms with Crippen LogP contribution in [0.2, 0.25) is 5.28 Å². The van der Waals surface area contributed by atoms with Gasteiger partial charge in [-0.25, -0.2) is 4.98 Å². The topological polar surface area (TPSA) is 163 Å². The predicted octanol–water partition coefficient (Wildman–Crippen LogP) is 1.90.